The van der Waals surface area contributed by atoms with Gasteiger partial charge in [0.15, 0.2) is 10.8 Å². The zero-order valence-corrected chi connectivity index (χ0v) is 14.0. The minimum absolute atomic E-state index is 0.373. The predicted molar refractivity (Wildman–Crippen MR) is 89.2 cm³/mol. The number of nitrogens with zero attached hydrogens (tertiary/aromatic N) is 3. The van der Waals surface area contributed by atoms with Crippen molar-refractivity contribution in [2.24, 2.45) is 0 Å². The Hall–Kier alpha value is -1.93. The van der Waals surface area contributed by atoms with Crippen LogP contribution in [-0.2, 0) is 0 Å². The van der Waals surface area contributed by atoms with E-state index in [0.717, 1.165) is 27.0 Å². The van der Waals surface area contributed by atoms with E-state index in [9.17, 15) is 0 Å². The first-order valence-electron chi connectivity index (χ1n) is 6.47. The maximum atomic E-state index is 8.59. The summed E-state index contributed by atoms with van der Waals surface area (Å²) in [5, 5.41) is 18.0. The molecule has 0 unspecified atom stereocenters. The Bertz CT molecular complexity index is 869. The molecule has 114 valence electrons. The molecular weight excluding hydrogens is 318 g/mol. The molecule has 1 aromatic carbocycles. The lowest BCUT2D eigenvalue weighted by Crippen LogP contribution is -2.21. The van der Waals surface area contributed by atoms with Gasteiger partial charge in [-0.2, -0.15) is 5.10 Å². The number of methoxy groups -OCH3 is 1. The van der Waals surface area contributed by atoms with Crippen molar-refractivity contribution in [3.63, 3.8) is 0 Å². The minimum atomic E-state index is 0.373. The maximum absolute atomic E-state index is 8.59. The summed E-state index contributed by atoms with van der Waals surface area (Å²) in [5.74, 6) is 0.781. The molecular formula is C14H15N5OS2. The van der Waals surface area contributed by atoms with Crippen molar-refractivity contribution >= 4 is 34.6 Å². The summed E-state index contributed by atoms with van der Waals surface area (Å²) in [6.07, 6.45) is 3.88. The molecule has 2 N–H and O–H groups in total. The molecule has 8 heteroatoms. The summed E-state index contributed by atoms with van der Waals surface area (Å²) in [6, 6.07) is 7.59. The van der Waals surface area contributed by atoms with Gasteiger partial charge in [0.2, 0.25) is 0 Å². The molecule has 0 aliphatic carbocycles. The fourth-order valence-electron chi connectivity index (χ4n) is 2.22. The number of aromatic amines is 1. The van der Waals surface area contributed by atoms with Gasteiger partial charge in [-0.3, -0.25) is 15.1 Å². The summed E-state index contributed by atoms with van der Waals surface area (Å²) >= 11 is 2.99. The van der Waals surface area contributed by atoms with Crippen molar-refractivity contribution in [3.8, 4) is 11.4 Å². The second kappa shape index (κ2) is 6.05. The van der Waals surface area contributed by atoms with Crippen molar-refractivity contribution in [3.05, 3.63) is 29.8 Å². The van der Waals surface area contributed by atoms with Gasteiger partial charge in [0.05, 0.1) is 12.5 Å². The average Bonchev–Trinajstić information content (AvgIpc) is 2.98. The summed E-state index contributed by atoms with van der Waals surface area (Å²) in [6.45, 7) is 0. The highest BCUT2D eigenvalue weighted by molar-refractivity contribution is 7.98. The molecule has 0 amide bonds. The summed E-state index contributed by atoms with van der Waals surface area (Å²) < 4.78 is 7.01. The van der Waals surface area contributed by atoms with E-state index >= 15 is 0 Å². The Balaban J connectivity index is 2.30. The molecule has 2 aromatic heterocycles. The number of benzene rings is 1. The van der Waals surface area contributed by atoms with E-state index in [2.05, 4.69) is 15.2 Å². The Morgan fingerprint density at radius 1 is 1.18 bits per heavy atom. The molecule has 0 saturated carbocycles. The third-order valence-electron chi connectivity index (χ3n) is 3.28. The third kappa shape index (κ3) is 2.38. The Labute approximate surface area is 135 Å². The van der Waals surface area contributed by atoms with Crippen molar-refractivity contribution in [1.29, 1.82) is 5.41 Å². The van der Waals surface area contributed by atoms with E-state index in [1.54, 1.807) is 7.11 Å². The van der Waals surface area contributed by atoms with Crippen molar-refractivity contribution in [1.82, 2.24) is 19.7 Å². The topological polar surface area (TPSA) is 79.6 Å². The van der Waals surface area contributed by atoms with Crippen molar-refractivity contribution in [2.45, 2.75) is 10.2 Å². The molecule has 22 heavy (non-hydrogen) atoms. The number of thioether (sulfide) groups is 2. The van der Waals surface area contributed by atoms with Gasteiger partial charge < -0.3 is 4.74 Å². The lowest BCUT2D eigenvalue weighted by Gasteiger charge is -2.12. The molecule has 0 bridgehead atoms. The van der Waals surface area contributed by atoms with E-state index < -0.39 is 0 Å². The van der Waals surface area contributed by atoms with Crippen LogP contribution in [0.3, 0.4) is 0 Å². The monoisotopic (exact) mass is 333 g/mol. The summed E-state index contributed by atoms with van der Waals surface area (Å²) in [5.41, 5.74) is 1.89. The number of fused-ring (bicyclic) bond motifs is 1. The Kier molecular flexibility index (Phi) is 4.12. The Morgan fingerprint density at radius 3 is 2.50 bits per heavy atom. The van der Waals surface area contributed by atoms with Crippen LogP contribution in [0.2, 0.25) is 0 Å². The third-order valence-corrected chi connectivity index (χ3v) is 4.60. The van der Waals surface area contributed by atoms with E-state index in [4.69, 9.17) is 10.1 Å². The van der Waals surface area contributed by atoms with Gasteiger partial charge in [0, 0.05) is 5.69 Å². The lowest BCUT2D eigenvalue weighted by atomic mass is 10.3. The molecule has 6 nitrogen and oxygen atoms in total. The number of rotatable bonds is 4. The van der Waals surface area contributed by atoms with Crippen LogP contribution in [0.25, 0.3) is 16.7 Å². The molecule has 0 fully saturated rings. The smallest absolute Gasteiger partial charge is 0.176 e. The Morgan fingerprint density at radius 2 is 1.91 bits per heavy atom. The summed E-state index contributed by atoms with van der Waals surface area (Å²) in [7, 11) is 1.63. The van der Waals surface area contributed by atoms with E-state index in [0.29, 0.717) is 11.1 Å². The number of hydrogen-bond donors (Lipinski definition) is 2. The number of hydrogen-bond acceptors (Lipinski definition) is 6. The molecule has 2 heterocycles. The van der Waals surface area contributed by atoms with Gasteiger partial charge in [-0.25, -0.2) is 4.98 Å². The fraction of sp³-hybridized carbons (Fsp3) is 0.214. The molecule has 0 aliphatic rings. The van der Waals surface area contributed by atoms with Crippen LogP contribution in [0.4, 0.5) is 0 Å². The van der Waals surface area contributed by atoms with E-state index in [1.165, 1.54) is 23.5 Å². The van der Waals surface area contributed by atoms with Crippen LogP contribution in [0, 0.1) is 5.41 Å². The first-order valence-corrected chi connectivity index (χ1v) is 8.92. The maximum Gasteiger partial charge on any atom is 0.176 e. The first kappa shape index (κ1) is 15.0. The summed E-state index contributed by atoms with van der Waals surface area (Å²) in [4.78, 5) is 4.59. The van der Waals surface area contributed by atoms with Gasteiger partial charge in [-0.05, 0) is 36.8 Å². The van der Waals surface area contributed by atoms with Crippen LogP contribution in [-0.4, -0.2) is 39.4 Å². The number of H-pyrrole nitrogens is 1. The van der Waals surface area contributed by atoms with Crippen LogP contribution < -0.4 is 10.2 Å². The van der Waals surface area contributed by atoms with Gasteiger partial charge in [-0.15, -0.1) is 11.8 Å². The molecule has 0 saturated heterocycles. The van der Waals surface area contributed by atoms with Crippen LogP contribution in [0.1, 0.15) is 0 Å². The van der Waals surface area contributed by atoms with Crippen molar-refractivity contribution < 1.29 is 4.74 Å². The van der Waals surface area contributed by atoms with Crippen LogP contribution in [0.15, 0.2) is 34.4 Å². The number of ether oxygens (including phenoxy) is 1. The van der Waals surface area contributed by atoms with E-state index in [-0.39, 0.29) is 0 Å². The SMILES string of the molecule is COc1ccc(-n2c(SC)nc3[nH]nc(SC)c3c2=N)cc1. The quantitative estimate of drug-likeness (QED) is 0.567. The zero-order chi connectivity index (χ0) is 15.7. The minimum Gasteiger partial charge on any atom is -0.497 e. The molecule has 0 atom stereocenters. The lowest BCUT2D eigenvalue weighted by molar-refractivity contribution is 0.414. The highest BCUT2D eigenvalue weighted by atomic mass is 32.2. The highest BCUT2D eigenvalue weighted by Gasteiger charge is 2.15. The second-order valence-corrected chi connectivity index (χ2v) is 6.01. The molecule has 0 spiro atoms. The molecule has 0 radical (unpaired) electrons. The van der Waals surface area contributed by atoms with Gasteiger partial charge in [0.25, 0.3) is 0 Å². The zero-order valence-electron chi connectivity index (χ0n) is 12.4. The number of aromatic nitrogens is 4. The van der Waals surface area contributed by atoms with Crippen LogP contribution >= 0.6 is 23.5 Å². The van der Waals surface area contributed by atoms with Gasteiger partial charge >= 0.3 is 0 Å². The van der Waals surface area contributed by atoms with E-state index in [1.807, 2.05) is 41.3 Å². The van der Waals surface area contributed by atoms with Gasteiger partial charge in [-0.1, -0.05) is 11.8 Å². The van der Waals surface area contributed by atoms with Crippen LogP contribution in [0.5, 0.6) is 5.75 Å². The molecule has 0 aliphatic heterocycles. The molecule has 3 aromatic rings. The standard InChI is InChI=1S/C14H15N5OS2/c1-20-9-6-4-8(5-7-9)19-11(15)10-12(16-14(19)22-3)17-18-13(10)21-2/h4-7,15H,1-3H3,(H,17,18). The molecule has 3 rings (SSSR count). The number of nitrogens with one attached hydrogen (secondary N) is 2. The average molecular weight is 333 g/mol. The van der Waals surface area contributed by atoms with Gasteiger partial charge in [0.1, 0.15) is 16.3 Å². The predicted octanol–water partition coefficient (Wildman–Crippen LogP) is 2.68. The first-order chi connectivity index (χ1) is 10.7. The highest BCUT2D eigenvalue weighted by Crippen LogP contribution is 2.24. The van der Waals surface area contributed by atoms with Crippen molar-refractivity contribution in [2.75, 3.05) is 19.6 Å². The normalized spacial score (nSPS) is 11.0. The fourth-order valence-corrected chi connectivity index (χ4v) is 3.32. The second-order valence-electron chi connectivity index (χ2n) is 4.44. The largest absolute Gasteiger partial charge is 0.497 e.